The molecule has 0 saturated heterocycles. The van der Waals surface area contributed by atoms with Gasteiger partial charge in [0, 0.05) is 41.2 Å². The molecule has 1 aliphatic heterocycles. The molecule has 5 rings (SSSR count). The van der Waals surface area contributed by atoms with E-state index in [2.05, 4.69) is 27.2 Å². The van der Waals surface area contributed by atoms with E-state index in [4.69, 9.17) is 9.47 Å². The van der Waals surface area contributed by atoms with Crippen LogP contribution in [0.5, 0.6) is 11.5 Å². The second-order valence-corrected chi connectivity index (χ2v) is 11.2. The van der Waals surface area contributed by atoms with Crippen molar-refractivity contribution in [2.24, 2.45) is 0 Å². The molecule has 0 spiro atoms. The number of nitrogens with zero attached hydrogens (tertiary/aromatic N) is 2. The summed E-state index contributed by atoms with van der Waals surface area (Å²) in [5, 5.41) is 16.5. The van der Waals surface area contributed by atoms with E-state index in [1.54, 1.807) is 12.1 Å². The van der Waals surface area contributed by atoms with Gasteiger partial charge in [0.2, 0.25) is 11.5 Å². The second-order valence-electron chi connectivity index (χ2n) is 11.2. The summed E-state index contributed by atoms with van der Waals surface area (Å²) in [7, 11) is 1.35. The van der Waals surface area contributed by atoms with Crippen molar-refractivity contribution in [1.82, 2.24) is 20.6 Å². The van der Waals surface area contributed by atoms with Gasteiger partial charge in [-0.05, 0) is 55.5 Å². The summed E-state index contributed by atoms with van der Waals surface area (Å²) in [6.45, 7) is 2.70. The zero-order valence-corrected chi connectivity index (χ0v) is 25.2. The fraction of sp³-hybridized carbons (Fsp3) is 0.273. The molecular weight excluding hydrogens is 627 g/mol. The van der Waals surface area contributed by atoms with Crippen molar-refractivity contribution >= 4 is 22.7 Å². The minimum Gasteiger partial charge on any atom is -0.494 e. The fourth-order valence-electron chi connectivity index (χ4n) is 5.19. The summed E-state index contributed by atoms with van der Waals surface area (Å²) in [5.41, 5.74) is -6.09. The number of carbonyl (C=O) groups excluding carboxylic acids is 2. The first-order chi connectivity index (χ1) is 22.2. The Bertz CT molecular complexity index is 1870. The molecule has 9 nitrogen and oxygen atoms in total. The minimum atomic E-state index is -5.40. The first-order valence-corrected chi connectivity index (χ1v) is 14.2. The summed E-state index contributed by atoms with van der Waals surface area (Å²) in [6, 6.07) is 11.5. The van der Waals surface area contributed by atoms with Crippen LogP contribution in [-0.2, 0) is 15.8 Å². The van der Waals surface area contributed by atoms with Crippen molar-refractivity contribution in [2.45, 2.75) is 30.5 Å². The predicted molar refractivity (Wildman–Crippen MR) is 161 cm³/mol. The highest BCUT2D eigenvalue weighted by Gasteiger charge is 2.58. The number of hydrogen-bond acceptors (Lipinski definition) is 7. The predicted octanol–water partition coefficient (Wildman–Crippen LogP) is 5.26. The molecule has 14 heteroatoms. The van der Waals surface area contributed by atoms with Crippen molar-refractivity contribution in [3.63, 3.8) is 0 Å². The zero-order valence-electron chi connectivity index (χ0n) is 25.2. The third kappa shape index (κ3) is 6.32. The molecule has 2 atom stereocenters. The van der Waals surface area contributed by atoms with Gasteiger partial charge in [0.05, 0.1) is 25.2 Å². The Balaban J connectivity index is 1.57. The third-order valence-electron chi connectivity index (χ3n) is 7.92. The Kier molecular flexibility index (Phi) is 8.91. The van der Waals surface area contributed by atoms with Crippen molar-refractivity contribution in [2.75, 3.05) is 26.8 Å². The number of carbonyl (C=O) groups is 2. The maximum Gasteiger partial charge on any atom is 0.424 e. The van der Waals surface area contributed by atoms with Crippen molar-refractivity contribution in [1.29, 1.82) is 0 Å². The van der Waals surface area contributed by atoms with Crippen LogP contribution in [0.25, 0.3) is 22.2 Å². The number of benzene rings is 2. The number of ether oxygens (including phenoxy) is 2. The van der Waals surface area contributed by atoms with Crippen LogP contribution >= 0.6 is 0 Å². The lowest BCUT2D eigenvalue weighted by molar-refractivity contribution is -0.265. The van der Waals surface area contributed by atoms with E-state index in [1.807, 2.05) is 0 Å². The summed E-state index contributed by atoms with van der Waals surface area (Å²) < 4.78 is 82.5. The Morgan fingerprint density at radius 2 is 1.85 bits per heavy atom. The molecule has 2 aromatic heterocycles. The fourth-order valence-corrected chi connectivity index (χ4v) is 5.19. The number of alkyl halides is 3. The highest BCUT2D eigenvalue weighted by molar-refractivity contribution is 6.00. The molecule has 3 N–H and O–H groups in total. The van der Waals surface area contributed by atoms with Crippen LogP contribution in [0.15, 0.2) is 73.2 Å². The van der Waals surface area contributed by atoms with Crippen LogP contribution in [0.3, 0.4) is 0 Å². The van der Waals surface area contributed by atoms with Crippen LogP contribution in [0.1, 0.15) is 35.0 Å². The van der Waals surface area contributed by atoms with Crippen molar-refractivity contribution in [3.05, 3.63) is 95.8 Å². The number of rotatable bonds is 10. The monoisotopic (exact) mass is 656 g/mol. The van der Waals surface area contributed by atoms with Crippen LogP contribution < -0.4 is 20.1 Å². The van der Waals surface area contributed by atoms with Gasteiger partial charge in [-0.2, -0.15) is 13.2 Å². The van der Waals surface area contributed by atoms with Crippen LogP contribution in [-0.4, -0.2) is 59.9 Å². The zero-order chi connectivity index (χ0) is 34.1. The standard InChI is InChI=1S/C33H29F5N4O5/c1-18(34)10-12-40-30(44)31(2)17-47-28-23(31)15-25(42-27(28)19-6-8-22(35)9-7-19)32(45,33(36,37)38)16-41-29(43)21-13-20-5-4-11-39-26(20)24(14-21)46-3/h4-9,11,13-15,45H,1,10,12,16-17H2,2-3H3,(H,40,44)(H,41,43)/t31-,32-/m0/s1. The lowest BCUT2D eigenvalue weighted by Crippen LogP contribution is -2.52. The molecule has 2 aromatic carbocycles. The number of aliphatic hydroxyl groups is 1. The topological polar surface area (TPSA) is 123 Å². The van der Waals surface area contributed by atoms with Gasteiger partial charge in [0.15, 0.2) is 0 Å². The van der Waals surface area contributed by atoms with E-state index < -0.39 is 52.9 Å². The number of hydrogen-bond donors (Lipinski definition) is 3. The molecule has 3 heterocycles. The Morgan fingerprint density at radius 3 is 2.51 bits per heavy atom. The van der Waals surface area contributed by atoms with E-state index >= 15 is 0 Å². The van der Waals surface area contributed by atoms with Gasteiger partial charge in [-0.25, -0.2) is 13.8 Å². The largest absolute Gasteiger partial charge is 0.494 e. The summed E-state index contributed by atoms with van der Waals surface area (Å²) in [5.74, 6) is -2.81. The molecule has 2 amide bonds. The normalized spacial score (nSPS) is 16.9. The van der Waals surface area contributed by atoms with Crippen molar-refractivity contribution in [3.8, 4) is 22.8 Å². The molecule has 0 aliphatic carbocycles. The molecule has 4 aromatic rings. The lowest BCUT2D eigenvalue weighted by atomic mass is 9.81. The highest BCUT2D eigenvalue weighted by Crippen LogP contribution is 2.48. The SMILES string of the molecule is C=C(F)CCNC(=O)[C@@]1(C)COc2c1cc([C@@](O)(CNC(=O)c1cc(OC)c3ncccc3c1)C(F)(F)F)nc2-c1ccc(F)cc1. The second kappa shape index (κ2) is 12.6. The van der Waals surface area contributed by atoms with E-state index in [-0.39, 0.29) is 53.5 Å². The summed E-state index contributed by atoms with van der Waals surface area (Å²) in [4.78, 5) is 34.8. The molecule has 47 heavy (non-hydrogen) atoms. The molecule has 246 valence electrons. The molecule has 0 fully saturated rings. The van der Waals surface area contributed by atoms with Gasteiger partial charge in [-0.15, -0.1) is 0 Å². The number of fused-ring (bicyclic) bond motifs is 2. The highest BCUT2D eigenvalue weighted by atomic mass is 19.4. The third-order valence-corrected chi connectivity index (χ3v) is 7.92. The summed E-state index contributed by atoms with van der Waals surface area (Å²) >= 11 is 0. The van der Waals surface area contributed by atoms with E-state index in [0.717, 1.165) is 18.2 Å². The maximum atomic E-state index is 14.8. The Morgan fingerprint density at radius 1 is 1.13 bits per heavy atom. The van der Waals surface area contributed by atoms with Crippen LogP contribution in [0.2, 0.25) is 0 Å². The average Bonchev–Trinajstić information content (AvgIpc) is 3.39. The molecular formula is C33H29F5N4O5. The van der Waals surface area contributed by atoms with E-state index in [9.17, 15) is 36.6 Å². The molecule has 0 saturated carbocycles. The van der Waals surface area contributed by atoms with Gasteiger partial charge in [-0.1, -0.05) is 12.6 Å². The van der Waals surface area contributed by atoms with E-state index in [0.29, 0.717) is 10.9 Å². The van der Waals surface area contributed by atoms with E-state index in [1.165, 1.54) is 44.5 Å². The number of halogens is 5. The molecule has 1 aliphatic rings. The number of amides is 2. The van der Waals surface area contributed by atoms with Gasteiger partial charge in [-0.3, -0.25) is 14.6 Å². The Labute approximate surface area is 265 Å². The van der Waals surface area contributed by atoms with Gasteiger partial charge in [0.25, 0.3) is 5.91 Å². The maximum absolute atomic E-state index is 14.8. The molecule has 0 bridgehead atoms. The lowest BCUT2D eigenvalue weighted by Gasteiger charge is -2.31. The summed E-state index contributed by atoms with van der Waals surface area (Å²) in [6.07, 6.45) is -4.07. The number of aromatic nitrogens is 2. The van der Waals surface area contributed by atoms with Gasteiger partial charge in [0.1, 0.15) is 40.5 Å². The van der Waals surface area contributed by atoms with Gasteiger partial charge < -0.3 is 25.2 Å². The quantitative estimate of drug-likeness (QED) is 0.199. The molecule has 0 radical (unpaired) electrons. The smallest absolute Gasteiger partial charge is 0.424 e. The average molecular weight is 657 g/mol. The first-order valence-electron chi connectivity index (χ1n) is 14.2. The molecule has 0 unspecified atom stereocenters. The Hall–Kier alpha value is -5.11. The van der Waals surface area contributed by atoms with Gasteiger partial charge >= 0.3 is 6.18 Å². The number of methoxy groups -OCH3 is 1. The first kappa shape index (κ1) is 33.3. The van der Waals surface area contributed by atoms with Crippen LogP contribution in [0, 0.1) is 5.82 Å². The van der Waals surface area contributed by atoms with Crippen LogP contribution in [0.4, 0.5) is 22.0 Å². The minimum absolute atomic E-state index is 0.0563. The number of nitrogens with one attached hydrogen (secondary N) is 2. The number of pyridine rings is 2. The van der Waals surface area contributed by atoms with Crippen molar-refractivity contribution < 1.29 is 46.1 Å².